The summed E-state index contributed by atoms with van der Waals surface area (Å²) >= 11 is 0. The molecule has 4 nitrogen and oxygen atoms in total. The van der Waals surface area contributed by atoms with Crippen molar-refractivity contribution in [3.63, 3.8) is 0 Å². The number of carbonyl (C=O) groups is 2. The highest BCUT2D eigenvalue weighted by atomic mass is 19.1. The molecule has 0 unspecified atom stereocenters. The number of hydrogen-bond acceptors (Lipinski definition) is 2. The molecule has 4 rings (SSSR count). The highest BCUT2D eigenvalue weighted by Gasteiger charge is 2.23. The second-order valence-electron chi connectivity index (χ2n) is 6.70. The van der Waals surface area contributed by atoms with Crippen molar-refractivity contribution in [2.45, 2.75) is 12.8 Å². The van der Waals surface area contributed by atoms with Crippen molar-refractivity contribution in [1.82, 2.24) is 0 Å². The van der Waals surface area contributed by atoms with Gasteiger partial charge in [0.25, 0.3) is 11.8 Å². The van der Waals surface area contributed by atoms with Crippen molar-refractivity contribution in [2.24, 2.45) is 0 Å². The van der Waals surface area contributed by atoms with E-state index in [0.29, 0.717) is 17.7 Å². The second-order valence-corrected chi connectivity index (χ2v) is 6.70. The third-order valence-electron chi connectivity index (χ3n) is 4.85. The SMILES string of the molecule is O=C(Nc1ccccc1F)c1cccc(C(=O)N2CCCc3ccccc32)c1. The number of benzene rings is 3. The third kappa shape index (κ3) is 3.51. The lowest BCUT2D eigenvalue weighted by Gasteiger charge is -2.29. The lowest BCUT2D eigenvalue weighted by atomic mass is 10.0. The van der Waals surface area contributed by atoms with Gasteiger partial charge in [-0.25, -0.2) is 4.39 Å². The van der Waals surface area contributed by atoms with Gasteiger partial charge in [-0.3, -0.25) is 9.59 Å². The fourth-order valence-electron chi connectivity index (χ4n) is 3.45. The molecule has 0 aliphatic carbocycles. The average molecular weight is 374 g/mol. The summed E-state index contributed by atoms with van der Waals surface area (Å²) in [5.74, 6) is -1.11. The van der Waals surface area contributed by atoms with Crippen LogP contribution < -0.4 is 10.2 Å². The number of hydrogen-bond donors (Lipinski definition) is 1. The molecule has 0 fully saturated rings. The number of rotatable bonds is 3. The van der Waals surface area contributed by atoms with Gasteiger partial charge in [0.2, 0.25) is 0 Å². The molecule has 140 valence electrons. The molecule has 1 aliphatic heterocycles. The fraction of sp³-hybridized carbons (Fsp3) is 0.130. The summed E-state index contributed by atoms with van der Waals surface area (Å²) in [4.78, 5) is 27.4. The van der Waals surface area contributed by atoms with E-state index in [-0.39, 0.29) is 11.6 Å². The Morgan fingerprint density at radius 3 is 2.50 bits per heavy atom. The highest BCUT2D eigenvalue weighted by Crippen LogP contribution is 2.28. The van der Waals surface area contributed by atoms with Gasteiger partial charge in [0.05, 0.1) is 5.69 Å². The van der Waals surface area contributed by atoms with E-state index < -0.39 is 11.7 Å². The fourth-order valence-corrected chi connectivity index (χ4v) is 3.45. The van der Waals surface area contributed by atoms with Crippen LogP contribution >= 0.6 is 0 Å². The standard InChI is InChI=1S/C23H19FN2O2/c24-19-11-2-3-12-20(19)25-22(27)17-8-5-9-18(15-17)23(28)26-14-6-10-16-7-1-4-13-21(16)26/h1-5,7-9,11-13,15H,6,10,14H2,(H,25,27). The maximum atomic E-state index is 13.8. The summed E-state index contributed by atoms with van der Waals surface area (Å²) in [5.41, 5.74) is 2.90. The smallest absolute Gasteiger partial charge is 0.258 e. The Labute approximate surface area is 162 Å². The Kier molecular flexibility index (Phi) is 4.89. The molecule has 0 atom stereocenters. The van der Waals surface area contributed by atoms with E-state index in [0.717, 1.165) is 24.1 Å². The van der Waals surface area contributed by atoms with Crippen molar-refractivity contribution in [2.75, 3.05) is 16.8 Å². The molecule has 0 aromatic heterocycles. The van der Waals surface area contributed by atoms with Crippen molar-refractivity contribution in [3.05, 3.63) is 95.3 Å². The van der Waals surface area contributed by atoms with Crippen molar-refractivity contribution < 1.29 is 14.0 Å². The Hall–Kier alpha value is -3.47. The van der Waals surface area contributed by atoms with Crippen LogP contribution in [0.4, 0.5) is 15.8 Å². The molecule has 28 heavy (non-hydrogen) atoms. The van der Waals surface area contributed by atoms with Crippen LogP contribution in [0, 0.1) is 5.82 Å². The number of anilines is 2. The molecule has 0 spiro atoms. The molecule has 1 heterocycles. The van der Waals surface area contributed by atoms with Gasteiger partial charge < -0.3 is 10.2 Å². The van der Waals surface area contributed by atoms with Gasteiger partial charge >= 0.3 is 0 Å². The Bertz CT molecular complexity index is 1050. The predicted octanol–water partition coefficient (Wildman–Crippen LogP) is 4.67. The number of halogens is 1. The Balaban J connectivity index is 1.58. The number of fused-ring (bicyclic) bond motifs is 1. The minimum atomic E-state index is -0.506. The number of nitrogens with zero attached hydrogens (tertiary/aromatic N) is 1. The number of aryl methyl sites for hydroxylation is 1. The summed E-state index contributed by atoms with van der Waals surface area (Å²) in [5, 5.41) is 2.55. The molecule has 1 N–H and O–H groups in total. The zero-order valence-electron chi connectivity index (χ0n) is 15.2. The van der Waals surface area contributed by atoms with Gasteiger partial charge in [-0.1, -0.05) is 36.4 Å². The summed E-state index contributed by atoms with van der Waals surface area (Å²) in [6, 6.07) is 20.4. The lowest BCUT2D eigenvalue weighted by Crippen LogP contribution is -2.35. The normalized spacial score (nSPS) is 13.0. The second kappa shape index (κ2) is 7.64. The zero-order valence-corrected chi connectivity index (χ0v) is 15.2. The highest BCUT2D eigenvalue weighted by molar-refractivity contribution is 6.10. The van der Waals surface area contributed by atoms with Gasteiger partial charge in [0.15, 0.2) is 0 Å². The monoisotopic (exact) mass is 374 g/mol. The summed E-state index contributed by atoms with van der Waals surface area (Å²) in [6.07, 6.45) is 1.85. The number of para-hydroxylation sites is 2. The van der Waals surface area contributed by atoms with Gasteiger partial charge in [-0.05, 0) is 54.8 Å². The summed E-state index contributed by atoms with van der Waals surface area (Å²) in [7, 11) is 0. The molecule has 2 amide bonds. The van der Waals surface area contributed by atoms with Crippen LogP contribution in [0.3, 0.4) is 0 Å². The van der Waals surface area contributed by atoms with Crippen LogP contribution in [0.1, 0.15) is 32.7 Å². The first-order valence-corrected chi connectivity index (χ1v) is 9.19. The quantitative estimate of drug-likeness (QED) is 0.724. The van der Waals surface area contributed by atoms with Crippen LogP contribution in [0.25, 0.3) is 0 Å². The summed E-state index contributed by atoms with van der Waals surface area (Å²) < 4.78 is 13.8. The zero-order chi connectivity index (χ0) is 19.5. The molecule has 1 aliphatic rings. The van der Waals surface area contributed by atoms with Crippen LogP contribution in [-0.2, 0) is 6.42 Å². The minimum absolute atomic E-state index is 0.106. The third-order valence-corrected chi connectivity index (χ3v) is 4.85. The largest absolute Gasteiger partial charge is 0.319 e. The first-order valence-electron chi connectivity index (χ1n) is 9.19. The van der Waals surface area contributed by atoms with Gasteiger partial charge in [0.1, 0.15) is 5.82 Å². The van der Waals surface area contributed by atoms with Gasteiger partial charge in [0, 0.05) is 23.4 Å². The molecule has 0 saturated heterocycles. The van der Waals surface area contributed by atoms with E-state index in [1.807, 2.05) is 24.3 Å². The topological polar surface area (TPSA) is 49.4 Å². The number of nitrogens with one attached hydrogen (secondary N) is 1. The van der Waals surface area contributed by atoms with E-state index in [1.54, 1.807) is 41.3 Å². The van der Waals surface area contributed by atoms with Crippen LogP contribution in [0.2, 0.25) is 0 Å². The summed E-state index contributed by atoms with van der Waals surface area (Å²) in [6.45, 7) is 0.640. The van der Waals surface area contributed by atoms with E-state index in [4.69, 9.17) is 0 Å². The maximum absolute atomic E-state index is 13.8. The molecule has 3 aromatic rings. The predicted molar refractivity (Wildman–Crippen MR) is 107 cm³/mol. The van der Waals surface area contributed by atoms with E-state index in [2.05, 4.69) is 5.32 Å². The molecule has 5 heteroatoms. The Morgan fingerprint density at radius 2 is 1.64 bits per heavy atom. The van der Waals surface area contributed by atoms with E-state index in [9.17, 15) is 14.0 Å². The molecule has 0 saturated carbocycles. The maximum Gasteiger partial charge on any atom is 0.258 e. The number of carbonyl (C=O) groups excluding carboxylic acids is 2. The molecule has 0 bridgehead atoms. The van der Waals surface area contributed by atoms with Crippen LogP contribution in [-0.4, -0.2) is 18.4 Å². The van der Waals surface area contributed by atoms with Crippen molar-refractivity contribution >= 4 is 23.2 Å². The van der Waals surface area contributed by atoms with Gasteiger partial charge in [-0.2, -0.15) is 0 Å². The van der Waals surface area contributed by atoms with Crippen LogP contribution in [0.15, 0.2) is 72.8 Å². The molecular weight excluding hydrogens is 355 g/mol. The van der Waals surface area contributed by atoms with Gasteiger partial charge in [-0.15, -0.1) is 0 Å². The number of amides is 2. The van der Waals surface area contributed by atoms with Crippen molar-refractivity contribution in [1.29, 1.82) is 0 Å². The molecule has 0 radical (unpaired) electrons. The van der Waals surface area contributed by atoms with E-state index in [1.165, 1.54) is 12.1 Å². The van der Waals surface area contributed by atoms with Crippen LogP contribution in [0.5, 0.6) is 0 Å². The molecular formula is C23H19FN2O2. The minimum Gasteiger partial charge on any atom is -0.319 e. The average Bonchev–Trinajstić information content (AvgIpc) is 2.74. The first-order chi connectivity index (χ1) is 13.6. The molecule has 3 aromatic carbocycles. The lowest BCUT2D eigenvalue weighted by molar-refractivity contribution is 0.0985. The Morgan fingerprint density at radius 1 is 0.893 bits per heavy atom. The van der Waals surface area contributed by atoms with Crippen molar-refractivity contribution in [3.8, 4) is 0 Å². The van der Waals surface area contributed by atoms with E-state index >= 15 is 0 Å². The first kappa shape index (κ1) is 17.9.